The number of amides is 1. The van der Waals surface area contributed by atoms with Crippen LogP contribution in [0, 0.1) is 0 Å². The predicted octanol–water partition coefficient (Wildman–Crippen LogP) is 3.50. The Bertz CT molecular complexity index is 693. The maximum Gasteiger partial charge on any atom is 0.407 e. The number of nitrogens with zero attached hydrogens (tertiary/aromatic N) is 2. The van der Waals surface area contributed by atoms with E-state index in [2.05, 4.69) is 29.2 Å². The van der Waals surface area contributed by atoms with E-state index in [-0.39, 0.29) is 6.04 Å². The van der Waals surface area contributed by atoms with Crippen molar-refractivity contribution in [2.75, 3.05) is 32.8 Å². The SMILES string of the molecule is O=C(O)N1CCN(CCOCc2ccccc2)C[C@@H]1CCc1ccccc1. The Balaban J connectivity index is 1.45. The van der Waals surface area contributed by atoms with Crippen LogP contribution in [0.1, 0.15) is 17.5 Å². The fraction of sp³-hybridized carbons (Fsp3) is 0.409. The molecule has 1 fully saturated rings. The average molecular weight is 368 g/mol. The molecule has 5 heteroatoms. The molecule has 0 aromatic heterocycles. The lowest BCUT2D eigenvalue weighted by molar-refractivity contribution is 0.0404. The number of carbonyl (C=O) groups is 1. The third kappa shape index (κ3) is 6.08. The van der Waals surface area contributed by atoms with Crippen LogP contribution in [-0.4, -0.2) is 59.8 Å². The quantitative estimate of drug-likeness (QED) is 0.725. The predicted molar refractivity (Wildman–Crippen MR) is 106 cm³/mol. The molecular formula is C22H28N2O3. The summed E-state index contributed by atoms with van der Waals surface area (Å²) in [5.74, 6) is 0. The molecular weight excluding hydrogens is 340 g/mol. The average Bonchev–Trinajstić information content (AvgIpc) is 2.71. The Morgan fingerprint density at radius 1 is 1.00 bits per heavy atom. The second kappa shape index (κ2) is 10.1. The van der Waals surface area contributed by atoms with Crippen LogP contribution in [0.15, 0.2) is 60.7 Å². The highest BCUT2D eigenvalue weighted by atomic mass is 16.5. The van der Waals surface area contributed by atoms with E-state index in [1.165, 1.54) is 11.1 Å². The summed E-state index contributed by atoms with van der Waals surface area (Å²) in [7, 11) is 0. The minimum Gasteiger partial charge on any atom is -0.465 e. The minimum atomic E-state index is -0.812. The van der Waals surface area contributed by atoms with Gasteiger partial charge in [-0.05, 0) is 24.0 Å². The van der Waals surface area contributed by atoms with Crippen molar-refractivity contribution in [2.45, 2.75) is 25.5 Å². The molecule has 0 radical (unpaired) electrons. The molecule has 1 aliphatic heterocycles. The summed E-state index contributed by atoms with van der Waals surface area (Å²) in [6.07, 6.45) is 0.929. The van der Waals surface area contributed by atoms with Crippen molar-refractivity contribution in [3.8, 4) is 0 Å². The third-order valence-corrected chi connectivity index (χ3v) is 5.09. The van der Waals surface area contributed by atoms with Crippen molar-refractivity contribution in [2.24, 2.45) is 0 Å². The van der Waals surface area contributed by atoms with Gasteiger partial charge in [0.15, 0.2) is 0 Å². The Hall–Kier alpha value is -2.37. The summed E-state index contributed by atoms with van der Waals surface area (Å²) in [4.78, 5) is 15.5. The van der Waals surface area contributed by atoms with Gasteiger partial charge in [0.05, 0.1) is 13.2 Å². The number of carboxylic acid groups (broad SMARTS) is 1. The Morgan fingerprint density at radius 2 is 1.67 bits per heavy atom. The van der Waals surface area contributed by atoms with Gasteiger partial charge in [-0.25, -0.2) is 4.79 Å². The Labute approximate surface area is 161 Å². The van der Waals surface area contributed by atoms with Gasteiger partial charge in [-0.3, -0.25) is 4.90 Å². The van der Waals surface area contributed by atoms with E-state index in [1.54, 1.807) is 4.90 Å². The smallest absolute Gasteiger partial charge is 0.407 e. The number of benzene rings is 2. The van der Waals surface area contributed by atoms with Crippen LogP contribution in [0.4, 0.5) is 4.79 Å². The highest BCUT2D eigenvalue weighted by Gasteiger charge is 2.29. The van der Waals surface area contributed by atoms with Gasteiger partial charge >= 0.3 is 6.09 Å². The second-order valence-electron chi connectivity index (χ2n) is 6.99. The van der Waals surface area contributed by atoms with E-state index >= 15 is 0 Å². The third-order valence-electron chi connectivity index (χ3n) is 5.09. The maximum absolute atomic E-state index is 11.6. The molecule has 2 aromatic rings. The van der Waals surface area contributed by atoms with Crippen molar-refractivity contribution in [1.82, 2.24) is 9.80 Å². The standard InChI is InChI=1S/C22H28N2O3/c25-22(26)24-14-13-23(15-16-27-18-20-9-5-2-6-10-20)17-21(24)12-11-19-7-3-1-4-8-19/h1-10,21H,11-18H2,(H,25,26)/t21-/m0/s1. The summed E-state index contributed by atoms with van der Waals surface area (Å²) in [5, 5.41) is 9.52. The molecule has 3 rings (SSSR count). The lowest BCUT2D eigenvalue weighted by Crippen LogP contribution is -2.55. The van der Waals surface area contributed by atoms with Crippen LogP contribution in [0.25, 0.3) is 0 Å². The van der Waals surface area contributed by atoms with Gasteiger partial charge in [0.25, 0.3) is 0 Å². The first-order valence-corrected chi connectivity index (χ1v) is 9.60. The van der Waals surface area contributed by atoms with Crippen molar-refractivity contribution in [3.05, 3.63) is 71.8 Å². The number of hydrogen-bond donors (Lipinski definition) is 1. The van der Waals surface area contributed by atoms with E-state index in [9.17, 15) is 9.90 Å². The van der Waals surface area contributed by atoms with E-state index in [4.69, 9.17) is 4.74 Å². The normalized spacial score (nSPS) is 17.8. The molecule has 144 valence electrons. The monoisotopic (exact) mass is 368 g/mol. The van der Waals surface area contributed by atoms with Crippen LogP contribution >= 0.6 is 0 Å². The summed E-state index contributed by atoms with van der Waals surface area (Å²) >= 11 is 0. The second-order valence-corrected chi connectivity index (χ2v) is 6.99. The first-order chi connectivity index (χ1) is 13.2. The van der Waals surface area contributed by atoms with Gasteiger partial charge in [0.1, 0.15) is 0 Å². The molecule has 27 heavy (non-hydrogen) atoms. The fourth-order valence-corrected chi connectivity index (χ4v) is 3.56. The molecule has 1 N–H and O–H groups in total. The highest BCUT2D eigenvalue weighted by molar-refractivity contribution is 5.65. The van der Waals surface area contributed by atoms with Crippen molar-refractivity contribution < 1.29 is 14.6 Å². The number of aryl methyl sites for hydroxylation is 1. The molecule has 1 amide bonds. The summed E-state index contributed by atoms with van der Waals surface area (Å²) in [6, 6.07) is 20.4. The van der Waals surface area contributed by atoms with Crippen LogP contribution < -0.4 is 0 Å². The van der Waals surface area contributed by atoms with Crippen LogP contribution in [-0.2, 0) is 17.8 Å². The maximum atomic E-state index is 11.6. The number of hydrogen-bond acceptors (Lipinski definition) is 3. The molecule has 0 bridgehead atoms. The molecule has 0 unspecified atom stereocenters. The summed E-state index contributed by atoms with van der Waals surface area (Å²) < 4.78 is 5.79. The van der Waals surface area contributed by atoms with E-state index in [0.717, 1.165) is 32.5 Å². The van der Waals surface area contributed by atoms with Gasteiger partial charge in [-0.2, -0.15) is 0 Å². The number of rotatable bonds is 8. The van der Waals surface area contributed by atoms with Crippen LogP contribution in [0.5, 0.6) is 0 Å². The molecule has 1 aliphatic rings. The van der Waals surface area contributed by atoms with Gasteiger partial charge in [0.2, 0.25) is 0 Å². The van der Waals surface area contributed by atoms with Gasteiger partial charge in [0, 0.05) is 32.2 Å². The van der Waals surface area contributed by atoms with E-state index in [1.807, 2.05) is 36.4 Å². The topological polar surface area (TPSA) is 53.0 Å². The Morgan fingerprint density at radius 3 is 2.33 bits per heavy atom. The lowest BCUT2D eigenvalue weighted by atomic mass is 10.0. The minimum absolute atomic E-state index is 0.0329. The van der Waals surface area contributed by atoms with Gasteiger partial charge in [-0.1, -0.05) is 60.7 Å². The molecule has 0 spiro atoms. The van der Waals surface area contributed by atoms with Crippen LogP contribution in [0.2, 0.25) is 0 Å². The van der Waals surface area contributed by atoms with Crippen LogP contribution in [0.3, 0.4) is 0 Å². The van der Waals surface area contributed by atoms with Gasteiger partial charge in [-0.15, -0.1) is 0 Å². The molecule has 2 aromatic carbocycles. The largest absolute Gasteiger partial charge is 0.465 e. The van der Waals surface area contributed by atoms with Crippen molar-refractivity contribution in [1.29, 1.82) is 0 Å². The van der Waals surface area contributed by atoms with E-state index < -0.39 is 6.09 Å². The summed E-state index contributed by atoms with van der Waals surface area (Å²) in [6.45, 7) is 4.22. The molecule has 1 atom stereocenters. The molecule has 0 saturated carbocycles. The zero-order valence-electron chi connectivity index (χ0n) is 15.7. The van der Waals surface area contributed by atoms with E-state index in [0.29, 0.717) is 19.8 Å². The number of ether oxygens (including phenoxy) is 1. The van der Waals surface area contributed by atoms with Crippen molar-refractivity contribution in [3.63, 3.8) is 0 Å². The molecule has 1 saturated heterocycles. The van der Waals surface area contributed by atoms with Crippen molar-refractivity contribution >= 4 is 6.09 Å². The lowest BCUT2D eigenvalue weighted by Gasteiger charge is -2.40. The summed E-state index contributed by atoms with van der Waals surface area (Å²) in [5.41, 5.74) is 2.43. The first-order valence-electron chi connectivity index (χ1n) is 9.60. The number of piperazine rings is 1. The molecule has 0 aliphatic carbocycles. The zero-order chi connectivity index (χ0) is 18.9. The highest BCUT2D eigenvalue weighted by Crippen LogP contribution is 2.16. The zero-order valence-corrected chi connectivity index (χ0v) is 15.7. The van der Waals surface area contributed by atoms with Gasteiger partial charge < -0.3 is 14.7 Å². The first kappa shape index (κ1) is 19.4. The Kier molecular flexibility index (Phi) is 7.25. The molecule has 1 heterocycles. The molecule has 5 nitrogen and oxygen atoms in total. The fourth-order valence-electron chi connectivity index (χ4n) is 3.56.